The quantitative estimate of drug-likeness (QED) is 0.170. The zero-order chi connectivity index (χ0) is 22.4. The first-order chi connectivity index (χ1) is 15.5. The highest BCUT2D eigenvalue weighted by molar-refractivity contribution is 7.95. The molecule has 0 aliphatic rings. The first kappa shape index (κ1) is 25.9. The van der Waals surface area contributed by atoms with Gasteiger partial charge in [-0.25, -0.2) is 0 Å². The molecule has 1 heterocycles. The number of hydrogen-bond donors (Lipinski definition) is 0. The minimum absolute atomic E-state index is 0. The molecule has 4 rings (SSSR count). The SMILES string of the molecule is C[Si](C)(C)O[C@H](CC[P+](c1ccccc1)(c1ccccc1)c1ccccc1)c1ccoc1.[I-]. The Labute approximate surface area is 216 Å². The van der Waals surface area contributed by atoms with Gasteiger partial charge in [0.25, 0.3) is 0 Å². The molecule has 0 fully saturated rings. The summed E-state index contributed by atoms with van der Waals surface area (Å²) in [6.45, 7) is 6.77. The van der Waals surface area contributed by atoms with Gasteiger partial charge >= 0.3 is 0 Å². The second kappa shape index (κ2) is 11.6. The number of rotatable bonds is 9. The average Bonchev–Trinajstić information content (AvgIpc) is 3.35. The molecule has 0 radical (unpaired) electrons. The highest BCUT2D eigenvalue weighted by Crippen LogP contribution is 2.56. The molecule has 172 valence electrons. The van der Waals surface area contributed by atoms with Gasteiger partial charge in [0.2, 0.25) is 0 Å². The van der Waals surface area contributed by atoms with E-state index in [0.29, 0.717) is 0 Å². The van der Waals surface area contributed by atoms with Crippen LogP contribution in [0.25, 0.3) is 0 Å². The summed E-state index contributed by atoms with van der Waals surface area (Å²) in [5.41, 5.74) is 1.14. The van der Waals surface area contributed by atoms with Crippen molar-refractivity contribution in [3.05, 3.63) is 115 Å². The predicted octanol–water partition coefficient (Wildman–Crippen LogP) is 3.56. The Kier molecular flexibility index (Phi) is 9.11. The molecule has 4 aromatic rings. The molecule has 0 unspecified atom stereocenters. The molecule has 3 aromatic carbocycles. The van der Waals surface area contributed by atoms with Crippen LogP contribution >= 0.6 is 7.26 Å². The van der Waals surface area contributed by atoms with Gasteiger partial charge in [0.15, 0.2) is 8.32 Å². The Morgan fingerprint density at radius 3 is 1.55 bits per heavy atom. The normalized spacial score (nSPS) is 12.7. The van der Waals surface area contributed by atoms with Crippen molar-refractivity contribution in [2.45, 2.75) is 32.2 Å². The van der Waals surface area contributed by atoms with Crippen molar-refractivity contribution in [1.82, 2.24) is 0 Å². The topological polar surface area (TPSA) is 22.4 Å². The molecule has 33 heavy (non-hydrogen) atoms. The Balaban J connectivity index is 0.00000306. The summed E-state index contributed by atoms with van der Waals surface area (Å²) < 4.78 is 12.1. The van der Waals surface area contributed by atoms with Crippen LogP contribution in [0.1, 0.15) is 18.1 Å². The van der Waals surface area contributed by atoms with Crippen LogP contribution in [0.5, 0.6) is 0 Å². The molecule has 0 bridgehead atoms. The van der Waals surface area contributed by atoms with E-state index < -0.39 is 15.6 Å². The third-order valence-electron chi connectivity index (χ3n) is 5.73. The van der Waals surface area contributed by atoms with E-state index in [1.807, 2.05) is 6.26 Å². The summed E-state index contributed by atoms with van der Waals surface area (Å²) in [5.74, 6) is 0. The maximum absolute atomic E-state index is 6.68. The molecule has 1 atom stereocenters. The number of benzene rings is 3. The van der Waals surface area contributed by atoms with Crippen LogP contribution in [-0.2, 0) is 4.43 Å². The predicted molar refractivity (Wildman–Crippen MR) is 141 cm³/mol. The van der Waals surface area contributed by atoms with Gasteiger partial charge < -0.3 is 32.8 Å². The molecule has 1 aromatic heterocycles. The third-order valence-corrected chi connectivity index (χ3v) is 11.2. The molecular weight excluding hydrogens is 554 g/mol. The van der Waals surface area contributed by atoms with Crippen molar-refractivity contribution >= 4 is 31.5 Å². The molecule has 0 spiro atoms. The van der Waals surface area contributed by atoms with E-state index in [9.17, 15) is 0 Å². The van der Waals surface area contributed by atoms with Crippen molar-refractivity contribution in [1.29, 1.82) is 0 Å². The first-order valence-electron chi connectivity index (χ1n) is 11.2. The van der Waals surface area contributed by atoms with Gasteiger partial charge in [0, 0.05) is 12.0 Å². The summed E-state index contributed by atoms with van der Waals surface area (Å²) in [6.07, 6.45) is 5.61. The standard InChI is InChI=1S/C28H32O2PSi.HI/c1-32(2,3)30-28(24-19-21-29-23-24)20-22-31(25-13-7-4-8-14-25,26-15-9-5-10-16-26)27-17-11-6-12-18-27;/h4-19,21,23,28H,20,22H2,1-3H3;1H/q+1;/p-1/t28-;/m1./s1. The lowest BCUT2D eigenvalue weighted by Gasteiger charge is -2.31. The van der Waals surface area contributed by atoms with Gasteiger partial charge in [0.05, 0.1) is 24.8 Å². The third kappa shape index (κ3) is 6.24. The van der Waals surface area contributed by atoms with E-state index in [1.165, 1.54) is 15.9 Å². The Bertz CT molecular complexity index is 985. The van der Waals surface area contributed by atoms with Gasteiger partial charge in [-0.3, -0.25) is 0 Å². The van der Waals surface area contributed by atoms with Gasteiger partial charge in [-0.05, 0) is 62.1 Å². The number of halogens is 1. The fraction of sp³-hybridized carbons (Fsp3) is 0.214. The Hall–Kier alpha value is -1.72. The summed E-state index contributed by atoms with van der Waals surface area (Å²) in [4.78, 5) is 0. The fourth-order valence-electron chi connectivity index (χ4n) is 4.37. The van der Waals surface area contributed by atoms with Gasteiger partial charge in [-0.15, -0.1) is 0 Å². The monoisotopic (exact) mass is 586 g/mol. The molecule has 0 aliphatic heterocycles. The molecule has 0 saturated heterocycles. The molecule has 0 aliphatic carbocycles. The maximum atomic E-state index is 6.68. The molecule has 0 N–H and O–H groups in total. The summed E-state index contributed by atoms with van der Waals surface area (Å²) >= 11 is 0. The second-order valence-electron chi connectivity index (χ2n) is 9.10. The summed E-state index contributed by atoms with van der Waals surface area (Å²) in [5, 5.41) is 4.24. The van der Waals surface area contributed by atoms with Crippen molar-refractivity contribution in [3.8, 4) is 0 Å². The van der Waals surface area contributed by atoms with Crippen molar-refractivity contribution < 1.29 is 32.8 Å². The lowest BCUT2D eigenvalue weighted by molar-refractivity contribution is -0.00000855. The van der Waals surface area contributed by atoms with E-state index in [0.717, 1.165) is 18.1 Å². The van der Waals surface area contributed by atoms with Crippen LogP contribution in [0.4, 0.5) is 0 Å². The van der Waals surface area contributed by atoms with Crippen LogP contribution in [0.3, 0.4) is 0 Å². The highest BCUT2D eigenvalue weighted by atomic mass is 127. The van der Waals surface area contributed by atoms with Crippen molar-refractivity contribution in [2.24, 2.45) is 0 Å². The maximum Gasteiger partial charge on any atom is 0.184 e. The number of hydrogen-bond acceptors (Lipinski definition) is 2. The highest BCUT2D eigenvalue weighted by Gasteiger charge is 2.45. The average molecular weight is 587 g/mol. The van der Waals surface area contributed by atoms with Crippen LogP contribution in [0.15, 0.2) is 114 Å². The summed E-state index contributed by atoms with van der Waals surface area (Å²) in [6, 6.07) is 35.2. The van der Waals surface area contributed by atoms with Gasteiger partial charge in [0.1, 0.15) is 23.2 Å². The first-order valence-corrected chi connectivity index (χ1v) is 16.6. The lowest BCUT2D eigenvalue weighted by Crippen LogP contribution is -3.00. The molecule has 0 amide bonds. The molecule has 5 heteroatoms. The van der Waals surface area contributed by atoms with Gasteiger partial charge in [-0.1, -0.05) is 54.6 Å². The van der Waals surface area contributed by atoms with Gasteiger partial charge in [-0.2, -0.15) is 0 Å². The minimum Gasteiger partial charge on any atom is -1.00 e. The number of furan rings is 1. The second-order valence-corrected chi connectivity index (χ2v) is 17.2. The smallest absolute Gasteiger partial charge is 0.184 e. The van der Waals surface area contributed by atoms with Crippen LogP contribution in [0.2, 0.25) is 19.6 Å². The van der Waals surface area contributed by atoms with E-state index >= 15 is 0 Å². The van der Waals surface area contributed by atoms with E-state index in [4.69, 9.17) is 8.84 Å². The van der Waals surface area contributed by atoms with E-state index in [-0.39, 0.29) is 30.1 Å². The zero-order valence-electron chi connectivity index (χ0n) is 19.5. The van der Waals surface area contributed by atoms with Crippen molar-refractivity contribution in [2.75, 3.05) is 6.16 Å². The molecule has 2 nitrogen and oxygen atoms in total. The Morgan fingerprint density at radius 1 is 0.727 bits per heavy atom. The van der Waals surface area contributed by atoms with E-state index in [1.54, 1.807) is 6.26 Å². The van der Waals surface area contributed by atoms with Crippen LogP contribution in [0, 0.1) is 0 Å². The molecular formula is C28H32IO2PSi. The zero-order valence-corrected chi connectivity index (χ0v) is 23.6. The fourth-order valence-corrected chi connectivity index (χ4v) is 9.81. The van der Waals surface area contributed by atoms with Crippen LogP contribution < -0.4 is 39.9 Å². The minimum atomic E-state index is -1.87. The Morgan fingerprint density at radius 2 is 1.18 bits per heavy atom. The molecule has 0 saturated carbocycles. The van der Waals surface area contributed by atoms with Crippen molar-refractivity contribution in [3.63, 3.8) is 0 Å². The lowest BCUT2D eigenvalue weighted by atomic mass is 10.1. The van der Waals surface area contributed by atoms with Crippen LogP contribution in [-0.4, -0.2) is 14.5 Å². The van der Waals surface area contributed by atoms with E-state index in [2.05, 4.69) is 117 Å². The largest absolute Gasteiger partial charge is 1.00 e. The summed E-state index contributed by atoms with van der Waals surface area (Å²) in [7, 11) is -3.61.